The lowest BCUT2D eigenvalue weighted by molar-refractivity contribution is -0.172. The zero-order chi connectivity index (χ0) is 35.9. The zero-order valence-electron chi connectivity index (χ0n) is 29.4. The van der Waals surface area contributed by atoms with E-state index < -0.39 is 30.4 Å². The maximum Gasteiger partial charge on any atom is 0.330 e. The van der Waals surface area contributed by atoms with Crippen molar-refractivity contribution in [1.82, 2.24) is 0 Å². The van der Waals surface area contributed by atoms with Crippen LogP contribution in [0.5, 0.6) is 11.5 Å². The van der Waals surface area contributed by atoms with Crippen molar-refractivity contribution in [1.29, 1.82) is 0 Å². The molecule has 2 rings (SSSR count). The Balaban J connectivity index is 2.00. The van der Waals surface area contributed by atoms with Gasteiger partial charge in [-0.1, -0.05) is 51.3 Å². The first-order valence-corrected chi connectivity index (χ1v) is 21.2. The van der Waals surface area contributed by atoms with E-state index in [1.54, 1.807) is 6.92 Å². The fraction of sp³-hybridized carbons (Fsp3) is 0.514. The van der Waals surface area contributed by atoms with Gasteiger partial charge in [0.05, 0.1) is 19.8 Å². The fourth-order valence-electron chi connectivity index (χ4n) is 4.33. The van der Waals surface area contributed by atoms with Gasteiger partial charge in [0.2, 0.25) is 6.29 Å². The van der Waals surface area contributed by atoms with Crippen LogP contribution >= 0.6 is 47.0 Å². The van der Waals surface area contributed by atoms with Crippen molar-refractivity contribution in [3.63, 3.8) is 0 Å². The number of ether oxygens (including phenoxy) is 6. The summed E-state index contributed by atoms with van der Waals surface area (Å²) in [6.45, 7) is 14.5. The first kappa shape index (κ1) is 42.9. The third-order valence-corrected chi connectivity index (χ3v) is 10.8. The Morgan fingerprint density at radius 1 is 0.735 bits per heavy atom. The number of carbonyl (C=O) groups excluding carboxylic acids is 2. The molecule has 3 atom stereocenters. The van der Waals surface area contributed by atoms with Gasteiger partial charge in [0.15, 0.2) is 12.2 Å². The van der Waals surface area contributed by atoms with Gasteiger partial charge in [-0.05, 0) is 54.8 Å². The lowest BCUT2D eigenvalue weighted by atomic mass is 9.78. The maximum absolute atomic E-state index is 11.9. The van der Waals surface area contributed by atoms with E-state index in [0.29, 0.717) is 24.7 Å². The van der Waals surface area contributed by atoms with Gasteiger partial charge in [-0.3, -0.25) is 0 Å². The molecule has 0 aliphatic rings. The second-order valence-corrected chi connectivity index (χ2v) is 15.7. The smallest absolute Gasteiger partial charge is 0.330 e. The third kappa shape index (κ3) is 17.0. The van der Waals surface area contributed by atoms with E-state index in [1.807, 2.05) is 95.6 Å². The lowest BCUT2D eigenvalue weighted by Crippen LogP contribution is -2.36. The Kier molecular flexibility index (Phi) is 21.8. The topological polar surface area (TPSA) is 89.5 Å². The lowest BCUT2D eigenvalue weighted by Gasteiger charge is -2.28. The van der Waals surface area contributed by atoms with Gasteiger partial charge < -0.3 is 28.4 Å². The molecular weight excluding hydrogens is 701 g/mol. The van der Waals surface area contributed by atoms with E-state index in [2.05, 4.69) is 39.5 Å². The van der Waals surface area contributed by atoms with Gasteiger partial charge in [0.25, 0.3) is 0 Å². The minimum Gasteiger partial charge on any atom is -0.490 e. The summed E-state index contributed by atoms with van der Waals surface area (Å²) in [6, 6.07) is 15.7. The molecule has 0 N–H and O–H groups in total. The number of thioether (sulfide) groups is 4. The Morgan fingerprint density at radius 3 is 1.82 bits per heavy atom. The number of hydrogen-bond acceptors (Lipinski definition) is 12. The van der Waals surface area contributed by atoms with Gasteiger partial charge >= 0.3 is 11.9 Å². The fourth-order valence-corrected chi connectivity index (χ4v) is 7.47. The van der Waals surface area contributed by atoms with Crippen LogP contribution in [0.15, 0.2) is 73.8 Å². The SMILES string of the molecule is C=CC(=O)OC(COCCSCCSC)COc1ccc(C(C)(C)c2ccc(OC(OCCSCCSC)C(C)OC(=O)C=C)cc2)cc1. The number of benzene rings is 2. The predicted octanol–water partition coefficient (Wildman–Crippen LogP) is 7.54. The third-order valence-electron chi connectivity index (χ3n) is 7.19. The molecule has 0 aliphatic heterocycles. The van der Waals surface area contributed by atoms with Gasteiger partial charge in [-0.25, -0.2) is 9.59 Å². The highest BCUT2D eigenvalue weighted by molar-refractivity contribution is 8.03. The van der Waals surface area contributed by atoms with Crippen LogP contribution in [0, 0.1) is 0 Å². The van der Waals surface area contributed by atoms with Crippen molar-refractivity contribution in [3.8, 4) is 11.5 Å². The molecule has 272 valence electrons. The number of carbonyl (C=O) groups is 2. The Morgan fingerprint density at radius 2 is 1.27 bits per heavy atom. The van der Waals surface area contributed by atoms with E-state index in [0.717, 1.165) is 57.8 Å². The molecule has 0 heterocycles. The molecule has 0 fully saturated rings. The molecule has 2 aromatic carbocycles. The van der Waals surface area contributed by atoms with Crippen LogP contribution in [0.25, 0.3) is 0 Å². The van der Waals surface area contributed by atoms with Crippen molar-refractivity contribution < 1.29 is 38.0 Å². The second kappa shape index (κ2) is 24.8. The highest BCUT2D eigenvalue weighted by atomic mass is 32.2. The molecule has 0 aromatic heterocycles. The van der Waals surface area contributed by atoms with Crippen molar-refractivity contribution in [3.05, 3.63) is 85.0 Å². The first-order valence-electron chi connectivity index (χ1n) is 16.1. The van der Waals surface area contributed by atoms with Crippen molar-refractivity contribution in [2.24, 2.45) is 0 Å². The van der Waals surface area contributed by atoms with Crippen LogP contribution in [-0.4, -0.2) is 104 Å². The van der Waals surface area contributed by atoms with Gasteiger partial charge in [0, 0.05) is 52.1 Å². The molecule has 0 saturated carbocycles. The van der Waals surface area contributed by atoms with Gasteiger partial charge in [-0.2, -0.15) is 47.0 Å². The van der Waals surface area contributed by atoms with Crippen molar-refractivity contribution in [2.75, 3.05) is 73.5 Å². The summed E-state index contributed by atoms with van der Waals surface area (Å²) >= 11 is 7.29. The van der Waals surface area contributed by atoms with E-state index in [9.17, 15) is 9.59 Å². The van der Waals surface area contributed by atoms with Crippen LogP contribution in [-0.2, 0) is 34.0 Å². The Labute approximate surface area is 310 Å². The van der Waals surface area contributed by atoms with Crippen LogP contribution < -0.4 is 9.47 Å². The average molecular weight is 753 g/mol. The van der Waals surface area contributed by atoms with Crippen LogP contribution in [0.2, 0.25) is 0 Å². The Bertz CT molecular complexity index is 1240. The second-order valence-electron chi connectivity index (χ2n) is 11.2. The normalized spacial score (nSPS) is 13.2. The largest absolute Gasteiger partial charge is 0.490 e. The molecule has 0 bridgehead atoms. The predicted molar refractivity (Wildman–Crippen MR) is 209 cm³/mol. The van der Waals surface area contributed by atoms with E-state index in [4.69, 9.17) is 28.4 Å². The summed E-state index contributed by atoms with van der Waals surface area (Å²) < 4.78 is 34.7. The molecule has 0 aliphatic carbocycles. The van der Waals surface area contributed by atoms with E-state index in [1.165, 1.54) is 0 Å². The summed E-state index contributed by atoms with van der Waals surface area (Å²) in [5.41, 5.74) is 1.86. The number of rotatable bonds is 27. The summed E-state index contributed by atoms with van der Waals surface area (Å²) in [4.78, 5) is 23.7. The minimum atomic E-state index is -0.767. The van der Waals surface area contributed by atoms with Crippen LogP contribution in [0.4, 0.5) is 0 Å². The molecular formula is C37H52O8S4. The summed E-state index contributed by atoms with van der Waals surface area (Å²) in [6.07, 6.45) is 4.51. The first-order chi connectivity index (χ1) is 23.6. The van der Waals surface area contributed by atoms with Gasteiger partial charge in [-0.15, -0.1) is 0 Å². The molecule has 3 unspecified atom stereocenters. The monoisotopic (exact) mass is 752 g/mol. The number of hydrogen-bond donors (Lipinski definition) is 0. The number of esters is 2. The molecule has 2 aromatic rings. The molecule has 0 amide bonds. The zero-order valence-corrected chi connectivity index (χ0v) is 32.7. The highest BCUT2D eigenvalue weighted by Crippen LogP contribution is 2.33. The quantitative estimate of drug-likeness (QED) is 0.0391. The molecule has 0 spiro atoms. The highest BCUT2D eigenvalue weighted by Gasteiger charge is 2.26. The van der Waals surface area contributed by atoms with E-state index in [-0.39, 0.29) is 18.6 Å². The maximum atomic E-state index is 11.9. The molecule has 8 nitrogen and oxygen atoms in total. The van der Waals surface area contributed by atoms with Gasteiger partial charge in [0.1, 0.15) is 18.1 Å². The molecule has 0 saturated heterocycles. The summed E-state index contributed by atoms with van der Waals surface area (Å²) in [7, 11) is 0. The molecule has 0 radical (unpaired) electrons. The summed E-state index contributed by atoms with van der Waals surface area (Å²) in [5, 5.41) is 0. The van der Waals surface area contributed by atoms with Crippen molar-refractivity contribution >= 4 is 59.0 Å². The standard InChI is InChI=1S/C37H52O8S4/c1-8-34(38)43-28(3)36(41-19-21-49-25-23-47-7)45-32-16-12-30(13-17-32)37(4,5)29-10-14-31(15-11-29)42-27-33(44-35(39)9-2)26-40-18-20-48-24-22-46-6/h8-17,28,33,36H,1-2,18-27H2,3-7H3. The Hall–Kier alpha value is -2.22. The molecule has 12 heteroatoms. The van der Waals surface area contributed by atoms with Crippen LogP contribution in [0.3, 0.4) is 0 Å². The average Bonchev–Trinajstić information content (AvgIpc) is 3.11. The van der Waals surface area contributed by atoms with Crippen molar-refractivity contribution in [2.45, 2.75) is 44.7 Å². The minimum absolute atomic E-state index is 0.163. The van der Waals surface area contributed by atoms with Crippen LogP contribution in [0.1, 0.15) is 31.9 Å². The van der Waals surface area contributed by atoms with E-state index >= 15 is 0 Å². The summed E-state index contributed by atoms with van der Waals surface area (Å²) in [5.74, 6) is 6.26. The molecule has 49 heavy (non-hydrogen) atoms.